The fraction of sp³-hybridized carbons (Fsp3) is 0.385. The average Bonchev–Trinajstić information content (AvgIpc) is 2.30. The van der Waals surface area contributed by atoms with Crippen molar-refractivity contribution >= 4 is 27.8 Å². The summed E-state index contributed by atoms with van der Waals surface area (Å²) in [5.41, 5.74) is 0.870. The number of hydrogen-bond acceptors (Lipinski definition) is 2. The van der Waals surface area contributed by atoms with E-state index in [0.29, 0.717) is 0 Å². The van der Waals surface area contributed by atoms with Gasteiger partial charge in [0, 0.05) is 16.8 Å². The van der Waals surface area contributed by atoms with Gasteiger partial charge in [0.15, 0.2) is 0 Å². The van der Waals surface area contributed by atoms with Gasteiger partial charge in [0.1, 0.15) is 6.04 Å². The predicted molar refractivity (Wildman–Crippen MR) is 72.3 cm³/mol. The Balaban J connectivity index is 2.72. The van der Waals surface area contributed by atoms with Gasteiger partial charge >= 0.3 is 5.97 Å². The van der Waals surface area contributed by atoms with E-state index in [2.05, 4.69) is 21.2 Å². The van der Waals surface area contributed by atoms with Crippen LogP contribution in [0.5, 0.6) is 0 Å². The van der Waals surface area contributed by atoms with Crippen LogP contribution < -0.4 is 5.32 Å². The van der Waals surface area contributed by atoms with E-state index < -0.39 is 12.0 Å². The van der Waals surface area contributed by atoms with Gasteiger partial charge in [0.05, 0.1) is 0 Å². The van der Waals surface area contributed by atoms with Crippen molar-refractivity contribution < 1.29 is 14.7 Å². The van der Waals surface area contributed by atoms with Crippen molar-refractivity contribution in [3.05, 3.63) is 34.3 Å². The van der Waals surface area contributed by atoms with Crippen LogP contribution in [0.4, 0.5) is 0 Å². The molecular formula is C13H16BrNO3. The monoisotopic (exact) mass is 313 g/mol. The van der Waals surface area contributed by atoms with Crippen LogP contribution in [0.3, 0.4) is 0 Å². The molecular weight excluding hydrogens is 298 g/mol. The molecule has 1 aromatic rings. The number of amides is 1. The van der Waals surface area contributed by atoms with Crippen molar-refractivity contribution in [2.24, 2.45) is 5.92 Å². The Labute approximate surface area is 115 Å². The van der Waals surface area contributed by atoms with E-state index in [1.165, 1.54) is 0 Å². The first-order valence-corrected chi connectivity index (χ1v) is 6.47. The second-order valence-corrected chi connectivity index (χ2v) is 5.30. The lowest BCUT2D eigenvalue weighted by Crippen LogP contribution is -2.44. The van der Waals surface area contributed by atoms with Gasteiger partial charge in [-0.2, -0.15) is 0 Å². The molecule has 0 saturated carbocycles. The minimum absolute atomic E-state index is 0.225. The van der Waals surface area contributed by atoms with E-state index in [1.54, 1.807) is 13.8 Å². The molecule has 0 heterocycles. The SMILES string of the molecule is CC(C)C(=O)N[C@@H](Cc1ccc(Br)cc1)C(=O)O. The zero-order valence-corrected chi connectivity index (χ0v) is 11.9. The minimum Gasteiger partial charge on any atom is -0.480 e. The second-order valence-electron chi connectivity index (χ2n) is 4.38. The van der Waals surface area contributed by atoms with Crippen molar-refractivity contribution in [1.29, 1.82) is 0 Å². The quantitative estimate of drug-likeness (QED) is 0.876. The zero-order chi connectivity index (χ0) is 13.7. The van der Waals surface area contributed by atoms with Crippen LogP contribution in [0.15, 0.2) is 28.7 Å². The maximum absolute atomic E-state index is 11.5. The number of nitrogens with one attached hydrogen (secondary N) is 1. The number of aliphatic carboxylic acids is 1. The van der Waals surface area contributed by atoms with E-state index in [0.717, 1.165) is 10.0 Å². The van der Waals surface area contributed by atoms with Gasteiger partial charge in [-0.05, 0) is 17.7 Å². The Bertz CT molecular complexity index is 428. The molecule has 5 heteroatoms. The van der Waals surface area contributed by atoms with Gasteiger partial charge < -0.3 is 10.4 Å². The molecule has 0 radical (unpaired) electrons. The lowest BCUT2D eigenvalue weighted by atomic mass is 10.1. The van der Waals surface area contributed by atoms with Gasteiger partial charge in [-0.15, -0.1) is 0 Å². The molecule has 0 aliphatic carbocycles. The van der Waals surface area contributed by atoms with Gasteiger partial charge in [-0.3, -0.25) is 4.79 Å². The van der Waals surface area contributed by atoms with Crippen LogP contribution >= 0.6 is 15.9 Å². The largest absolute Gasteiger partial charge is 0.480 e. The number of carboxylic acids is 1. The summed E-state index contributed by atoms with van der Waals surface area (Å²) in [4.78, 5) is 22.6. The van der Waals surface area contributed by atoms with Crippen molar-refractivity contribution in [3.8, 4) is 0 Å². The van der Waals surface area contributed by atoms with Gasteiger partial charge in [-0.1, -0.05) is 41.9 Å². The summed E-state index contributed by atoms with van der Waals surface area (Å²) in [5, 5.41) is 11.6. The molecule has 1 rings (SSSR count). The minimum atomic E-state index is -1.02. The fourth-order valence-corrected chi connectivity index (χ4v) is 1.66. The standard InChI is InChI=1S/C13H16BrNO3/c1-8(2)12(16)15-11(13(17)18)7-9-3-5-10(14)6-4-9/h3-6,8,11H,7H2,1-2H3,(H,15,16)(H,17,18)/t11-/m0/s1. The molecule has 1 aromatic carbocycles. The Hall–Kier alpha value is -1.36. The molecule has 0 unspecified atom stereocenters. The number of carbonyl (C=O) groups excluding carboxylic acids is 1. The van der Waals surface area contributed by atoms with E-state index in [1.807, 2.05) is 24.3 Å². The van der Waals surface area contributed by atoms with E-state index in [4.69, 9.17) is 5.11 Å². The molecule has 18 heavy (non-hydrogen) atoms. The van der Waals surface area contributed by atoms with E-state index in [-0.39, 0.29) is 18.2 Å². The molecule has 98 valence electrons. The summed E-state index contributed by atoms with van der Waals surface area (Å²) in [6.45, 7) is 3.46. The van der Waals surface area contributed by atoms with Crippen LogP contribution in [0, 0.1) is 5.92 Å². The molecule has 0 aliphatic rings. The highest BCUT2D eigenvalue weighted by atomic mass is 79.9. The summed E-state index contributed by atoms with van der Waals surface area (Å²) >= 11 is 3.31. The Morgan fingerprint density at radius 3 is 2.28 bits per heavy atom. The number of carbonyl (C=O) groups is 2. The number of benzene rings is 1. The van der Waals surface area contributed by atoms with Crippen LogP contribution in [-0.2, 0) is 16.0 Å². The average molecular weight is 314 g/mol. The summed E-state index contributed by atoms with van der Waals surface area (Å²) < 4.78 is 0.935. The molecule has 0 aliphatic heterocycles. The van der Waals surface area contributed by atoms with Gasteiger partial charge in [0.2, 0.25) is 5.91 Å². The molecule has 0 bridgehead atoms. The van der Waals surface area contributed by atoms with Crippen molar-refractivity contribution in [2.75, 3.05) is 0 Å². The topological polar surface area (TPSA) is 66.4 Å². The van der Waals surface area contributed by atoms with E-state index in [9.17, 15) is 9.59 Å². The molecule has 1 amide bonds. The number of carboxylic acid groups (broad SMARTS) is 1. The highest BCUT2D eigenvalue weighted by Crippen LogP contribution is 2.12. The number of hydrogen-bond donors (Lipinski definition) is 2. The third kappa shape index (κ3) is 4.49. The molecule has 0 fully saturated rings. The Kier molecular flexibility index (Phi) is 5.34. The van der Waals surface area contributed by atoms with Crippen LogP contribution in [0.1, 0.15) is 19.4 Å². The Morgan fingerprint density at radius 1 is 1.28 bits per heavy atom. The summed E-state index contributed by atoms with van der Waals surface area (Å²) in [6, 6.07) is 6.47. The van der Waals surface area contributed by atoms with Crippen molar-refractivity contribution in [3.63, 3.8) is 0 Å². The predicted octanol–water partition coefficient (Wildman–Crippen LogP) is 2.22. The van der Waals surface area contributed by atoms with Crippen LogP contribution in [-0.4, -0.2) is 23.0 Å². The van der Waals surface area contributed by atoms with Gasteiger partial charge in [-0.25, -0.2) is 4.79 Å². The van der Waals surface area contributed by atoms with E-state index >= 15 is 0 Å². The first kappa shape index (κ1) is 14.7. The van der Waals surface area contributed by atoms with Crippen molar-refractivity contribution in [2.45, 2.75) is 26.3 Å². The summed E-state index contributed by atoms with van der Waals surface area (Å²) in [6.07, 6.45) is 0.279. The highest BCUT2D eigenvalue weighted by Gasteiger charge is 2.21. The fourth-order valence-electron chi connectivity index (χ4n) is 1.39. The molecule has 0 aromatic heterocycles. The van der Waals surface area contributed by atoms with Crippen molar-refractivity contribution in [1.82, 2.24) is 5.32 Å². The van der Waals surface area contributed by atoms with Crippen LogP contribution in [0.25, 0.3) is 0 Å². The smallest absolute Gasteiger partial charge is 0.326 e. The lowest BCUT2D eigenvalue weighted by molar-refractivity contribution is -0.142. The second kappa shape index (κ2) is 6.54. The van der Waals surface area contributed by atoms with Crippen LogP contribution in [0.2, 0.25) is 0 Å². The Morgan fingerprint density at radius 2 is 1.83 bits per heavy atom. The molecule has 2 N–H and O–H groups in total. The number of rotatable bonds is 5. The third-order valence-electron chi connectivity index (χ3n) is 2.49. The molecule has 4 nitrogen and oxygen atoms in total. The van der Waals surface area contributed by atoms with Gasteiger partial charge in [0.25, 0.3) is 0 Å². The number of halogens is 1. The molecule has 0 saturated heterocycles. The highest BCUT2D eigenvalue weighted by molar-refractivity contribution is 9.10. The maximum Gasteiger partial charge on any atom is 0.326 e. The third-order valence-corrected chi connectivity index (χ3v) is 3.02. The molecule has 0 spiro atoms. The normalized spacial score (nSPS) is 12.2. The lowest BCUT2D eigenvalue weighted by Gasteiger charge is -2.16. The first-order chi connectivity index (χ1) is 8.40. The summed E-state index contributed by atoms with van der Waals surface area (Å²) in [7, 11) is 0. The summed E-state index contributed by atoms with van der Waals surface area (Å²) in [5.74, 6) is -1.50. The molecule has 1 atom stereocenters. The maximum atomic E-state index is 11.5. The first-order valence-electron chi connectivity index (χ1n) is 5.67. The zero-order valence-electron chi connectivity index (χ0n) is 10.3.